The fraction of sp³-hybridized carbons (Fsp3) is 0.333. The zero-order valence-electron chi connectivity index (χ0n) is 19.0. The summed E-state index contributed by atoms with van der Waals surface area (Å²) < 4.78 is 2.64. The highest BCUT2D eigenvalue weighted by Crippen LogP contribution is 2.30. The van der Waals surface area contributed by atoms with Crippen molar-refractivity contribution in [2.45, 2.75) is 52.5 Å². The summed E-state index contributed by atoms with van der Waals surface area (Å²) in [6.45, 7) is 6.33. The van der Waals surface area contributed by atoms with Crippen LogP contribution in [0.4, 0.5) is 0 Å². The zero-order valence-corrected chi connectivity index (χ0v) is 19.0. The number of nitrogens with one attached hydrogen (secondary N) is 1. The van der Waals surface area contributed by atoms with Crippen molar-refractivity contribution in [2.24, 2.45) is 0 Å². The van der Waals surface area contributed by atoms with Crippen molar-refractivity contribution in [2.75, 3.05) is 0 Å². The monoisotopic (exact) mass is 445 g/mol. The zero-order chi connectivity index (χ0) is 23.4. The molecule has 1 unspecified atom stereocenters. The van der Waals surface area contributed by atoms with Gasteiger partial charge >= 0.3 is 5.69 Å². The Hall–Kier alpha value is -3.88. The molecule has 0 bridgehead atoms. The average molecular weight is 446 g/mol. The van der Waals surface area contributed by atoms with E-state index in [0.717, 1.165) is 33.4 Å². The van der Waals surface area contributed by atoms with E-state index in [0.29, 0.717) is 31.0 Å². The summed E-state index contributed by atoms with van der Waals surface area (Å²) in [4.78, 5) is 25.4. The van der Waals surface area contributed by atoms with Gasteiger partial charge in [-0.3, -0.25) is 9.36 Å². The van der Waals surface area contributed by atoms with Crippen molar-refractivity contribution >= 4 is 5.91 Å². The lowest BCUT2D eigenvalue weighted by atomic mass is 9.98. The average Bonchev–Trinajstić information content (AvgIpc) is 3.48. The lowest BCUT2D eigenvalue weighted by molar-refractivity contribution is 0.0880. The minimum Gasteiger partial charge on any atom is -0.274 e. The predicted molar refractivity (Wildman–Crippen MR) is 125 cm³/mol. The van der Waals surface area contributed by atoms with Gasteiger partial charge in [0, 0.05) is 17.9 Å². The van der Waals surface area contributed by atoms with E-state index in [9.17, 15) is 9.59 Å². The third kappa shape index (κ3) is 4.52. The molecule has 9 nitrogen and oxygen atoms in total. The molecule has 33 heavy (non-hydrogen) atoms. The second-order valence-corrected chi connectivity index (χ2v) is 8.07. The summed E-state index contributed by atoms with van der Waals surface area (Å²) in [6.07, 6.45) is 1.79. The van der Waals surface area contributed by atoms with E-state index in [-0.39, 0.29) is 17.5 Å². The molecule has 0 aliphatic rings. The molecule has 0 aliphatic carbocycles. The van der Waals surface area contributed by atoms with Crippen molar-refractivity contribution < 1.29 is 4.79 Å². The molecule has 0 spiro atoms. The third-order valence-corrected chi connectivity index (χ3v) is 5.76. The second-order valence-electron chi connectivity index (χ2n) is 8.07. The SMILES string of the molecule is CCCC(=O)n1nc(C(C)CC)n(Cc2ccc(-c3ccccc3-c3nn[nH]n3)cc2)c1=O. The van der Waals surface area contributed by atoms with Crippen LogP contribution in [0.1, 0.15) is 62.1 Å². The lowest BCUT2D eigenvalue weighted by Gasteiger charge is -2.11. The quantitative estimate of drug-likeness (QED) is 0.440. The van der Waals surface area contributed by atoms with Gasteiger partial charge in [-0.15, -0.1) is 20.0 Å². The molecule has 2 aromatic carbocycles. The van der Waals surface area contributed by atoms with Crippen LogP contribution in [-0.4, -0.2) is 40.9 Å². The molecule has 1 atom stereocenters. The first kappa shape index (κ1) is 22.3. The van der Waals surface area contributed by atoms with Gasteiger partial charge in [-0.2, -0.15) is 5.21 Å². The molecule has 2 aromatic heterocycles. The summed E-state index contributed by atoms with van der Waals surface area (Å²) in [6, 6.07) is 15.9. The Morgan fingerprint density at radius 3 is 2.42 bits per heavy atom. The van der Waals surface area contributed by atoms with Crippen LogP contribution >= 0.6 is 0 Å². The van der Waals surface area contributed by atoms with Crippen LogP contribution in [0.25, 0.3) is 22.5 Å². The van der Waals surface area contributed by atoms with Crippen LogP contribution < -0.4 is 5.69 Å². The first-order valence-corrected chi connectivity index (χ1v) is 11.2. The maximum absolute atomic E-state index is 13.0. The van der Waals surface area contributed by atoms with Crippen molar-refractivity contribution in [1.82, 2.24) is 35.0 Å². The second kappa shape index (κ2) is 9.72. The summed E-state index contributed by atoms with van der Waals surface area (Å²) in [5, 5.41) is 18.7. The van der Waals surface area contributed by atoms with E-state index >= 15 is 0 Å². The molecule has 0 saturated heterocycles. The number of nitrogens with zero attached hydrogens (tertiary/aromatic N) is 6. The number of aromatic amines is 1. The Morgan fingerprint density at radius 1 is 1.06 bits per heavy atom. The van der Waals surface area contributed by atoms with Gasteiger partial charge in [0.15, 0.2) is 0 Å². The number of aromatic nitrogens is 7. The Morgan fingerprint density at radius 2 is 1.79 bits per heavy atom. The summed E-state index contributed by atoms with van der Waals surface area (Å²) in [7, 11) is 0. The van der Waals surface area contributed by atoms with Gasteiger partial charge in [-0.25, -0.2) is 4.79 Å². The van der Waals surface area contributed by atoms with E-state index in [1.54, 1.807) is 4.57 Å². The third-order valence-electron chi connectivity index (χ3n) is 5.76. The van der Waals surface area contributed by atoms with Gasteiger partial charge in [0.25, 0.3) is 5.91 Å². The van der Waals surface area contributed by atoms with E-state index in [2.05, 4.69) is 25.7 Å². The van der Waals surface area contributed by atoms with Gasteiger partial charge in [0.2, 0.25) is 5.82 Å². The number of benzene rings is 2. The normalized spacial score (nSPS) is 12.1. The van der Waals surface area contributed by atoms with Gasteiger partial charge < -0.3 is 0 Å². The van der Waals surface area contributed by atoms with Crippen LogP contribution in [-0.2, 0) is 6.54 Å². The number of hydrogen-bond acceptors (Lipinski definition) is 6. The molecule has 0 amide bonds. The fourth-order valence-electron chi connectivity index (χ4n) is 3.77. The molecule has 0 aliphatic heterocycles. The highest BCUT2D eigenvalue weighted by Gasteiger charge is 2.21. The van der Waals surface area contributed by atoms with E-state index in [1.807, 2.05) is 69.3 Å². The summed E-state index contributed by atoms with van der Waals surface area (Å²) in [5.74, 6) is 0.968. The standard InChI is InChI=1S/C24H27N7O2/c1-4-8-21(32)31-24(33)30(23(27-31)16(3)5-2)15-17-11-13-18(14-12-17)19-9-6-7-10-20(19)22-25-28-29-26-22/h6-7,9-14,16H,4-5,8,15H2,1-3H3,(H,25,26,28,29). The van der Waals surface area contributed by atoms with Crippen LogP contribution in [0, 0.1) is 0 Å². The molecule has 170 valence electrons. The number of carbonyl (C=O) groups is 1. The van der Waals surface area contributed by atoms with Gasteiger partial charge in [0.05, 0.1) is 6.54 Å². The molecular weight excluding hydrogens is 418 g/mol. The van der Waals surface area contributed by atoms with Crippen molar-refractivity contribution in [1.29, 1.82) is 0 Å². The van der Waals surface area contributed by atoms with Crippen molar-refractivity contribution in [3.8, 4) is 22.5 Å². The predicted octanol–water partition coefficient (Wildman–Crippen LogP) is 3.89. The Bertz CT molecular complexity index is 1290. The largest absolute Gasteiger partial charge is 0.353 e. The summed E-state index contributed by atoms with van der Waals surface area (Å²) in [5.41, 5.74) is 3.44. The highest BCUT2D eigenvalue weighted by molar-refractivity contribution is 5.80. The Balaban J connectivity index is 1.66. The number of H-pyrrole nitrogens is 1. The fourth-order valence-corrected chi connectivity index (χ4v) is 3.77. The van der Waals surface area contributed by atoms with Crippen molar-refractivity contribution in [3.05, 3.63) is 70.4 Å². The Labute approximate surface area is 191 Å². The van der Waals surface area contributed by atoms with Gasteiger partial charge in [-0.1, -0.05) is 69.3 Å². The first-order valence-electron chi connectivity index (χ1n) is 11.2. The molecule has 0 fully saturated rings. The molecule has 0 radical (unpaired) electrons. The molecule has 0 saturated carbocycles. The van der Waals surface area contributed by atoms with Crippen LogP contribution in [0.15, 0.2) is 53.3 Å². The molecular formula is C24H27N7O2. The molecule has 4 rings (SSSR count). The molecule has 1 N–H and O–H groups in total. The van der Waals surface area contributed by atoms with Crippen LogP contribution in [0.3, 0.4) is 0 Å². The minimum atomic E-state index is -0.379. The molecule has 9 heteroatoms. The maximum Gasteiger partial charge on any atom is 0.353 e. The van der Waals surface area contributed by atoms with E-state index in [4.69, 9.17) is 0 Å². The first-order chi connectivity index (χ1) is 16.0. The summed E-state index contributed by atoms with van der Waals surface area (Å²) >= 11 is 0. The topological polar surface area (TPSA) is 111 Å². The Kier molecular flexibility index (Phi) is 6.58. The van der Waals surface area contributed by atoms with E-state index < -0.39 is 0 Å². The molecule has 4 aromatic rings. The number of hydrogen-bond donors (Lipinski definition) is 1. The lowest BCUT2D eigenvalue weighted by Crippen LogP contribution is -2.30. The molecule has 2 heterocycles. The highest BCUT2D eigenvalue weighted by atomic mass is 16.2. The van der Waals surface area contributed by atoms with Crippen LogP contribution in [0.5, 0.6) is 0 Å². The van der Waals surface area contributed by atoms with Crippen molar-refractivity contribution in [3.63, 3.8) is 0 Å². The van der Waals surface area contributed by atoms with E-state index in [1.165, 1.54) is 0 Å². The van der Waals surface area contributed by atoms with Gasteiger partial charge in [-0.05, 0) is 34.7 Å². The van der Waals surface area contributed by atoms with Gasteiger partial charge in [0.1, 0.15) is 5.82 Å². The smallest absolute Gasteiger partial charge is 0.274 e. The maximum atomic E-state index is 13.0. The number of tetrazole rings is 1. The number of carbonyl (C=O) groups excluding carboxylic acids is 1. The minimum absolute atomic E-state index is 0.0643. The number of rotatable bonds is 8. The van der Waals surface area contributed by atoms with Crippen LogP contribution in [0.2, 0.25) is 0 Å².